The van der Waals surface area contributed by atoms with Gasteiger partial charge in [0.25, 0.3) is 0 Å². The van der Waals surface area contributed by atoms with Gasteiger partial charge in [0.2, 0.25) is 5.91 Å². The van der Waals surface area contributed by atoms with Crippen LogP contribution in [0, 0.1) is 5.41 Å². The lowest BCUT2D eigenvalue weighted by Gasteiger charge is -2.40. The van der Waals surface area contributed by atoms with E-state index in [4.69, 9.17) is 9.47 Å². The normalized spacial score (nSPS) is 26.1. The molecule has 184 valence electrons. The third kappa shape index (κ3) is 5.39. The molecule has 1 aliphatic carbocycles. The molecule has 1 heterocycles. The molecule has 1 saturated carbocycles. The molecule has 0 radical (unpaired) electrons. The topological polar surface area (TPSA) is 59.0 Å². The Hall–Kier alpha value is -2.58. The molecule has 2 fully saturated rings. The van der Waals surface area contributed by atoms with Gasteiger partial charge in [-0.25, -0.2) is 0 Å². The van der Waals surface area contributed by atoms with Gasteiger partial charge in [-0.2, -0.15) is 13.2 Å². The molecule has 8 heteroatoms. The summed E-state index contributed by atoms with van der Waals surface area (Å²) < 4.78 is 48.8. The van der Waals surface area contributed by atoms with Crippen LogP contribution < -0.4 is 9.64 Å². The Kier molecular flexibility index (Phi) is 6.92. The van der Waals surface area contributed by atoms with Gasteiger partial charge in [-0.1, -0.05) is 30.3 Å². The maximum atomic E-state index is 13.3. The molecule has 2 aromatic carbocycles. The van der Waals surface area contributed by atoms with E-state index >= 15 is 0 Å². The SMILES string of the molecule is C[C@@H](Oc1ccc(N2CC[C@]3(CC[C@@](O)(COCc4ccccc4)CC3)C2=O)cc1)C(F)(F)F. The first kappa shape index (κ1) is 24.5. The molecular formula is C26H30F3NO4. The Labute approximate surface area is 197 Å². The predicted molar refractivity (Wildman–Crippen MR) is 122 cm³/mol. The number of anilines is 1. The van der Waals surface area contributed by atoms with E-state index in [1.54, 1.807) is 17.0 Å². The number of benzene rings is 2. The highest BCUT2D eigenvalue weighted by molar-refractivity contribution is 6.00. The molecule has 1 aliphatic heterocycles. The minimum absolute atomic E-state index is 0.0112. The van der Waals surface area contributed by atoms with E-state index in [1.165, 1.54) is 12.1 Å². The zero-order valence-corrected chi connectivity index (χ0v) is 19.2. The number of alkyl halides is 3. The van der Waals surface area contributed by atoms with Crippen molar-refractivity contribution in [2.75, 3.05) is 18.1 Å². The lowest BCUT2D eigenvalue weighted by molar-refractivity contribution is -0.189. The molecule has 1 N–H and O–H groups in total. The number of rotatable bonds is 7. The Morgan fingerprint density at radius 2 is 1.65 bits per heavy atom. The number of amides is 1. The van der Waals surface area contributed by atoms with Crippen molar-refractivity contribution in [2.45, 2.75) is 63.5 Å². The van der Waals surface area contributed by atoms with Crippen LogP contribution in [0.2, 0.25) is 0 Å². The van der Waals surface area contributed by atoms with Gasteiger partial charge in [-0.05, 0) is 68.9 Å². The molecule has 0 aromatic heterocycles. The number of halogens is 3. The highest BCUT2D eigenvalue weighted by Gasteiger charge is 2.51. The van der Waals surface area contributed by atoms with Crippen LogP contribution in [0.4, 0.5) is 18.9 Å². The highest BCUT2D eigenvalue weighted by Crippen LogP contribution is 2.48. The maximum absolute atomic E-state index is 13.3. The lowest BCUT2D eigenvalue weighted by Crippen LogP contribution is -2.45. The van der Waals surface area contributed by atoms with Crippen LogP contribution in [0.5, 0.6) is 5.75 Å². The zero-order chi connectivity index (χ0) is 24.4. The molecule has 1 amide bonds. The highest BCUT2D eigenvalue weighted by atomic mass is 19.4. The first-order valence-electron chi connectivity index (χ1n) is 11.6. The van der Waals surface area contributed by atoms with Gasteiger partial charge in [0.1, 0.15) is 5.75 Å². The summed E-state index contributed by atoms with van der Waals surface area (Å²) in [4.78, 5) is 15.0. The quantitative estimate of drug-likeness (QED) is 0.591. The Morgan fingerprint density at radius 1 is 1.00 bits per heavy atom. The van der Waals surface area contributed by atoms with Crippen molar-refractivity contribution in [3.8, 4) is 5.75 Å². The van der Waals surface area contributed by atoms with Crippen molar-refractivity contribution in [1.29, 1.82) is 0 Å². The number of hydrogen-bond acceptors (Lipinski definition) is 4. The fraction of sp³-hybridized carbons (Fsp3) is 0.500. The fourth-order valence-corrected chi connectivity index (χ4v) is 4.78. The molecule has 1 saturated heterocycles. The third-order valence-electron chi connectivity index (χ3n) is 7.06. The van der Waals surface area contributed by atoms with Gasteiger partial charge >= 0.3 is 6.18 Å². The molecule has 34 heavy (non-hydrogen) atoms. The van der Waals surface area contributed by atoms with E-state index in [2.05, 4.69) is 0 Å². The monoisotopic (exact) mass is 477 g/mol. The first-order valence-corrected chi connectivity index (χ1v) is 11.6. The van der Waals surface area contributed by atoms with Crippen LogP contribution in [-0.4, -0.2) is 42.0 Å². The summed E-state index contributed by atoms with van der Waals surface area (Å²) >= 11 is 0. The van der Waals surface area contributed by atoms with Crippen molar-refractivity contribution >= 4 is 11.6 Å². The minimum Gasteiger partial charge on any atom is -0.481 e. The number of aliphatic hydroxyl groups is 1. The average Bonchev–Trinajstić information content (AvgIpc) is 3.13. The van der Waals surface area contributed by atoms with Crippen molar-refractivity contribution in [2.24, 2.45) is 5.41 Å². The molecule has 4 rings (SSSR count). The molecule has 1 spiro atoms. The second-order valence-corrected chi connectivity index (χ2v) is 9.49. The van der Waals surface area contributed by atoms with E-state index in [-0.39, 0.29) is 18.3 Å². The van der Waals surface area contributed by atoms with Crippen LogP contribution in [0.25, 0.3) is 0 Å². The number of carbonyl (C=O) groups is 1. The number of nitrogens with zero attached hydrogens (tertiary/aromatic N) is 1. The van der Waals surface area contributed by atoms with Crippen LogP contribution in [-0.2, 0) is 16.1 Å². The van der Waals surface area contributed by atoms with Crippen LogP contribution in [0.1, 0.15) is 44.6 Å². The smallest absolute Gasteiger partial charge is 0.425 e. The zero-order valence-electron chi connectivity index (χ0n) is 19.2. The molecular weight excluding hydrogens is 447 g/mol. The van der Waals surface area contributed by atoms with Crippen molar-refractivity contribution in [3.63, 3.8) is 0 Å². The third-order valence-corrected chi connectivity index (χ3v) is 7.06. The number of hydrogen-bond donors (Lipinski definition) is 1. The van der Waals surface area contributed by atoms with Crippen LogP contribution in [0.3, 0.4) is 0 Å². The van der Waals surface area contributed by atoms with Crippen LogP contribution in [0.15, 0.2) is 54.6 Å². The molecule has 0 unspecified atom stereocenters. The molecule has 0 bridgehead atoms. The largest absolute Gasteiger partial charge is 0.481 e. The van der Waals surface area contributed by atoms with E-state index in [9.17, 15) is 23.1 Å². The summed E-state index contributed by atoms with van der Waals surface area (Å²) in [6.07, 6.45) is -3.52. The summed E-state index contributed by atoms with van der Waals surface area (Å²) in [5.41, 5.74) is 0.234. The van der Waals surface area contributed by atoms with Gasteiger partial charge in [-0.3, -0.25) is 4.79 Å². The van der Waals surface area contributed by atoms with E-state index in [0.717, 1.165) is 12.5 Å². The van der Waals surface area contributed by atoms with Crippen molar-refractivity contribution in [3.05, 3.63) is 60.2 Å². The van der Waals surface area contributed by atoms with E-state index < -0.39 is 23.3 Å². The molecule has 2 aromatic rings. The maximum Gasteiger partial charge on any atom is 0.425 e. The standard InChI is InChI=1S/C26H30F3NO4/c1-19(26(27,28)29)34-22-9-7-21(8-10-22)30-16-15-24(23(30)31)11-13-25(32,14-12-24)18-33-17-20-5-3-2-4-6-20/h2-10,19,32H,11-18H2,1H3/t19-,24-,25+/m1/s1. The summed E-state index contributed by atoms with van der Waals surface area (Å²) in [7, 11) is 0. The van der Waals surface area contributed by atoms with Gasteiger partial charge in [0.15, 0.2) is 6.10 Å². The minimum atomic E-state index is -4.44. The summed E-state index contributed by atoms with van der Waals surface area (Å²) in [5, 5.41) is 11.0. The van der Waals surface area contributed by atoms with Crippen LogP contribution >= 0.6 is 0 Å². The molecule has 1 atom stereocenters. The van der Waals surface area contributed by atoms with Crippen molar-refractivity contribution in [1.82, 2.24) is 0 Å². The van der Waals surface area contributed by atoms with E-state index in [0.29, 0.717) is 50.9 Å². The molecule has 5 nitrogen and oxygen atoms in total. The van der Waals surface area contributed by atoms with Gasteiger partial charge in [0.05, 0.1) is 24.2 Å². The second-order valence-electron chi connectivity index (χ2n) is 9.49. The fourth-order valence-electron chi connectivity index (χ4n) is 4.78. The van der Waals surface area contributed by atoms with Gasteiger partial charge in [0, 0.05) is 12.2 Å². The summed E-state index contributed by atoms with van der Waals surface area (Å²) in [6.45, 7) is 2.16. The lowest BCUT2D eigenvalue weighted by atomic mass is 9.68. The van der Waals surface area contributed by atoms with Crippen molar-refractivity contribution < 1.29 is 32.5 Å². The Morgan fingerprint density at radius 3 is 2.26 bits per heavy atom. The predicted octanol–water partition coefficient (Wildman–Crippen LogP) is 5.26. The first-order chi connectivity index (χ1) is 16.1. The summed E-state index contributed by atoms with van der Waals surface area (Å²) in [6, 6.07) is 15.9. The van der Waals surface area contributed by atoms with Gasteiger partial charge in [-0.15, -0.1) is 0 Å². The van der Waals surface area contributed by atoms with Gasteiger partial charge < -0.3 is 19.5 Å². The Balaban J connectivity index is 1.31. The Bertz CT molecular complexity index is 970. The summed E-state index contributed by atoms with van der Waals surface area (Å²) in [5.74, 6) is 0.116. The average molecular weight is 478 g/mol. The number of carbonyl (C=O) groups excluding carboxylic acids is 1. The second kappa shape index (κ2) is 9.58. The van der Waals surface area contributed by atoms with E-state index in [1.807, 2.05) is 30.3 Å². The number of ether oxygens (including phenoxy) is 2. The molecule has 2 aliphatic rings.